The molecule has 1 nitrogen and oxygen atoms in total. The SMILES string of the molecule is F.F.[OH][Co]. The van der Waals surface area contributed by atoms with Crippen molar-refractivity contribution in [1.29, 1.82) is 0 Å². The molecule has 0 rings (SSSR count). The van der Waals surface area contributed by atoms with Crippen LogP contribution in [0.25, 0.3) is 0 Å². The minimum atomic E-state index is 0. The monoisotopic (exact) mass is 116 g/mol. The van der Waals surface area contributed by atoms with E-state index < -0.39 is 0 Å². The predicted molar refractivity (Wildman–Crippen MR) is 7.22 cm³/mol. The van der Waals surface area contributed by atoms with Crippen LogP contribution in [0, 0.1) is 0 Å². The molecule has 0 bridgehead atoms. The zero-order chi connectivity index (χ0) is 2.00. The van der Waals surface area contributed by atoms with Gasteiger partial charge >= 0.3 is 20.3 Å². The van der Waals surface area contributed by atoms with Crippen LogP contribution in [0.1, 0.15) is 0 Å². The molecular weight excluding hydrogens is 113 g/mol. The summed E-state index contributed by atoms with van der Waals surface area (Å²) < 4.78 is 6.69. The molecule has 0 aliphatic rings. The van der Waals surface area contributed by atoms with Crippen molar-refractivity contribution in [2.75, 3.05) is 0 Å². The second kappa shape index (κ2) is 169. The first-order valence-corrected chi connectivity index (χ1v) is 0.615. The normalized spacial score (nSPS) is 1.75. The maximum atomic E-state index is 6.69. The molecule has 4 heteroatoms. The summed E-state index contributed by atoms with van der Waals surface area (Å²) in [4.78, 5) is 0. The third kappa shape index (κ3) is 38.4. The Morgan fingerprint density at radius 2 is 1.00 bits per heavy atom. The van der Waals surface area contributed by atoms with Crippen molar-refractivity contribution in [1.82, 2.24) is 0 Å². The molecule has 0 radical (unpaired) electrons. The van der Waals surface area contributed by atoms with Crippen LogP contribution in [0.15, 0.2) is 0 Å². The molecule has 0 saturated heterocycles. The summed E-state index contributed by atoms with van der Waals surface area (Å²) in [6.45, 7) is 0. The van der Waals surface area contributed by atoms with Gasteiger partial charge in [0, 0.05) is 0 Å². The van der Waals surface area contributed by atoms with E-state index in [9.17, 15) is 0 Å². The van der Waals surface area contributed by atoms with E-state index in [2.05, 4.69) is 16.1 Å². The van der Waals surface area contributed by atoms with Gasteiger partial charge in [-0.25, -0.2) is 0 Å². The minimum absolute atomic E-state index is 0. The van der Waals surface area contributed by atoms with Crippen LogP contribution in [0.3, 0.4) is 0 Å². The van der Waals surface area contributed by atoms with E-state index in [4.69, 9.17) is 4.22 Å². The van der Waals surface area contributed by atoms with Gasteiger partial charge < -0.3 is 0 Å². The molecule has 0 fully saturated rings. The average molecular weight is 116 g/mol. The van der Waals surface area contributed by atoms with Crippen LogP contribution in [0.2, 0.25) is 0 Å². The molecule has 0 aliphatic heterocycles. The molecule has 0 spiro atoms. The van der Waals surface area contributed by atoms with Gasteiger partial charge in [-0.05, 0) is 0 Å². The van der Waals surface area contributed by atoms with Gasteiger partial charge in [0.05, 0.1) is 0 Å². The molecule has 0 aromatic heterocycles. The van der Waals surface area contributed by atoms with E-state index >= 15 is 0 Å². The van der Waals surface area contributed by atoms with Crippen LogP contribution < -0.4 is 0 Å². The van der Waals surface area contributed by atoms with Crippen molar-refractivity contribution in [3.63, 3.8) is 0 Å². The Hall–Kier alpha value is 0.326. The molecule has 0 amide bonds. The van der Waals surface area contributed by atoms with Crippen molar-refractivity contribution in [2.45, 2.75) is 0 Å². The van der Waals surface area contributed by atoms with Crippen LogP contribution in [0.5, 0.6) is 0 Å². The van der Waals surface area contributed by atoms with E-state index in [0.717, 1.165) is 0 Å². The summed E-state index contributed by atoms with van der Waals surface area (Å²) in [7, 11) is 0. The topological polar surface area (TPSA) is 20.2 Å². The Bertz CT molecular complexity index is 6.00. The number of hydrogen-bond donors (Lipinski definition) is 1. The van der Waals surface area contributed by atoms with Crippen molar-refractivity contribution in [2.24, 2.45) is 0 Å². The fourth-order valence-corrected chi connectivity index (χ4v) is 0. The zero-order valence-electron chi connectivity index (χ0n) is 1.60. The quantitative estimate of drug-likeness (QED) is 0.462. The standard InChI is InChI=1S/Co.2FH.H2O/h;2*1H;1H2/q+1;;;/p-1. The van der Waals surface area contributed by atoms with Crippen LogP contribution in [-0.2, 0) is 16.1 Å². The summed E-state index contributed by atoms with van der Waals surface area (Å²) in [6.07, 6.45) is 0. The molecule has 32 valence electrons. The first-order chi connectivity index (χ1) is 1.00. The van der Waals surface area contributed by atoms with Crippen LogP contribution >= 0.6 is 0 Å². The first kappa shape index (κ1) is 27.2. The molecule has 0 aliphatic carbocycles. The van der Waals surface area contributed by atoms with Gasteiger partial charge in [-0.3, -0.25) is 9.41 Å². The summed E-state index contributed by atoms with van der Waals surface area (Å²) in [5.41, 5.74) is 0. The van der Waals surface area contributed by atoms with Crippen molar-refractivity contribution in [3.05, 3.63) is 0 Å². The molecule has 1 N–H and O–H groups in total. The van der Waals surface area contributed by atoms with Gasteiger partial charge in [-0.1, -0.05) is 0 Å². The van der Waals surface area contributed by atoms with Crippen molar-refractivity contribution < 1.29 is 29.7 Å². The molecule has 0 unspecified atom stereocenters. The van der Waals surface area contributed by atoms with E-state index in [0.29, 0.717) is 0 Å². The van der Waals surface area contributed by atoms with Gasteiger partial charge in [-0.15, -0.1) is 0 Å². The third-order valence-electron chi connectivity index (χ3n) is 0. The van der Waals surface area contributed by atoms with E-state index in [1.165, 1.54) is 0 Å². The molecule has 0 atom stereocenters. The molecule has 0 heterocycles. The van der Waals surface area contributed by atoms with Gasteiger partial charge in [0.15, 0.2) is 0 Å². The summed E-state index contributed by atoms with van der Waals surface area (Å²) in [6, 6.07) is 0. The number of hydrogen-bond acceptors (Lipinski definition) is 1. The van der Waals surface area contributed by atoms with Gasteiger partial charge in [0.2, 0.25) is 0 Å². The molecule has 0 aromatic carbocycles. The van der Waals surface area contributed by atoms with Crippen molar-refractivity contribution >= 4 is 0 Å². The van der Waals surface area contributed by atoms with E-state index in [1.807, 2.05) is 0 Å². The first-order valence-electron chi connectivity index (χ1n) is 0.149. The number of halogens is 2. The average Bonchev–Trinajstić information content (AvgIpc) is 1.00. The number of rotatable bonds is 0. The van der Waals surface area contributed by atoms with Gasteiger partial charge in [0.25, 0.3) is 0 Å². The Kier molecular flexibility index (Phi) is 1150. The maximum absolute atomic E-state index is 6.69. The summed E-state index contributed by atoms with van der Waals surface area (Å²) in [5, 5.41) is 0. The van der Waals surface area contributed by atoms with Gasteiger partial charge in [0.1, 0.15) is 0 Å². The van der Waals surface area contributed by atoms with E-state index in [1.54, 1.807) is 0 Å². The molecular formula is H3CoF2O. The molecule has 0 aromatic rings. The zero-order valence-corrected chi connectivity index (χ0v) is 2.64. The Balaban J connectivity index is -0.00000000500. The van der Waals surface area contributed by atoms with Crippen LogP contribution in [-0.4, -0.2) is 4.22 Å². The fourth-order valence-electron chi connectivity index (χ4n) is 0. The van der Waals surface area contributed by atoms with Crippen LogP contribution in [0.4, 0.5) is 9.41 Å². The fraction of sp³-hybridized carbons (Fsp3) is 0. The van der Waals surface area contributed by atoms with Gasteiger partial charge in [-0.2, -0.15) is 0 Å². The third-order valence-corrected chi connectivity index (χ3v) is 0. The molecule has 4 heavy (non-hydrogen) atoms. The summed E-state index contributed by atoms with van der Waals surface area (Å²) >= 11 is 2.56. The Morgan fingerprint density at radius 1 is 1.00 bits per heavy atom. The predicted octanol–water partition coefficient (Wildman–Crippen LogP) is -0.254. The summed E-state index contributed by atoms with van der Waals surface area (Å²) in [5.74, 6) is 0. The Morgan fingerprint density at radius 3 is 1.00 bits per heavy atom. The Labute approximate surface area is 30.7 Å². The molecule has 0 saturated carbocycles. The van der Waals surface area contributed by atoms with Crippen molar-refractivity contribution in [3.8, 4) is 0 Å². The second-order valence-electron chi connectivity index (χ2n) is 0. The van der Waals surface area contributed by atoms with E-state index in [-0.39, 0.29) is 9.41 Å². The second-order valence-corrected chi connectivity index (χ2v) is 0.